The van der Waals surface area contributed by atoms with E-state index in [0.717, 1.165) is 30.3 Å². The fraction of sp³-hybridized carbons (Fsp3) is 0.769. The first-order valence-electron chi connectivity index (χ1n) is 12.2. The Hall–Kier alpha value is -0.860. The predicted octanol–water partition coefficient (Wildman–Crippen LogP) is 6.39. The van der Waals surface area contributed by atoms with Gasteiger partial charge in [-0.1, -0.05) is 57.0 Å². The van der Waals surface area contributed by atoms with E-state index >= 15 is 0 Å². The minimum atomic E-state index is 0.489. The largest absolute Gasteiger partial charge is 0.328 e. The zero-order valence-electron chi connectivity index (χ0n) is 18.5. The molecule has 0 aromatic heterocycles. The Morgan fingerprint density at radius 2 is 1.43 bits per heavy atom. The number of benzene rings is 1. The zero-order valence-corrected chi connectivity index (χ0v) is 18.5. The Kier molecular flexibility index (Phi) is 8.86. The van der Waals surface area contributed by atoms with Crippen molar-refractivity contribution in [3.8, 4) is 0 Å². The van der Waals surface area contributed by atoms with Gasteiger partial charge in [0, 0.05) is 25.2 Å². The van der Waals surface area contributed by atoms with Crippen LogP contribution in [-0.2, 0) is 6.54 Å². The molecule has 0 aliphatic heterocycles. The molecule has 2 heteroatoms. The molecule has 2 N–H and O–H groups in total. The molecule has 1 aromatic rings. The van der Waals surface area contributed by atoms with Gasteiger partial charge >= 0.3 is 0 Å². The molecule has 2 fully saturated rings. The minimum absolute atomic E-state index is 0.489. The van der Waals surface area contributed by atoms with Crippen molar-refractivity contribution in [1.82, 2.24) is 4.90 Å². The Labute approximate surface area is 174 Å². The van der Waals surface area contributed by atoms with Gasteiger partial charge in [-0.2, -0.15) is 0 Å². The van der Waals surface area contributed by atoms with Gasteiger partial charge in [0.25, 0.3) is 0 Å². The number of hydrogen-bond acceptors (Lipinski definition) is 2. The smallest absolute Gasteiger partial charge is 0.0236 e. The van der Waals surface area contributed by atoms with E-state index in [-0.39, 0.29) is 0 Å². The van der Waals surface area contributed by atoms with Crippen LogP contribution in [-0.4, -0.2) is 23.5 Å². The number of nitrogens with two attached hydrogens (primary N) is 1. The molecule has 0 bridgehead atoms. The molecule has 0 spiro atoms. The van der Waals surface area contributed by atoms with Crippen LogP contribution in [0.1, 0.15) is 90.0 Å². The van der Waals surface area contributed by atoms with Crippen LogP contribution in [0, 0.1) is 17.8 Å². The first-order chi connectivity index (χ1) is 13.7. The van der Waals surface area contributed by atoms with Gasteiger partial charge in [-0.05, 0) is 81.1 Å². The lowest BCUT2D eigenvalue weighted by molar-refractivity contribution is 0.0993. The Bertz CT molecular complexity index is 523. The van der Waals surface area contributed by atoms with Crippen LogP contribution in [0.2, 0.25) is 0 Å². The van der Waals surface area contributed by atoms with Crippen molar-refractivity contribution >= 4 is 0 Å². The van der Waals surface area contributed by atoms with E-state index in [1.807, 2.05) is 0 Å². The minimum Gasteiger partial charge on any atom is -0.328 e. The van der Waals surface area contributed by atoms with Crippen LogP contribution in [0.5, 0.6) is 0 Å². The summed E-state index contributed by atoms with van der Waals surface area (Å²) < 4.78 is 0. The second-order valence-corrected chi connectivity index (χ2v) is 9.79. The van der Waals surface area contributed by atoms with Crippen LogP contribution in [0.15, 0.2) is 30.3 Å². The van der Waals surface area contributed by atoms with E-state index in [1.54, 1.807) is 0 Å². The number of nitrogens with zero attached hydrogens (tertiary/aromatic N) is 1. The fourth-order valence-corrected chi connectivity index (χ4v) is 5.68. The van der Waals surface area contributed by atoms with Crippen molar-refractivity contribution in [1.29, 1.82) is 0 Å². The highest BCUT2D eigenvalue weighted by molar-refractivity contribution is 5.14. The van der Waals surface area contributed by atoms with E-state index in [1.165, 1.54) is 82.7 Å². The summed E-state index contributed by atoms with van der Waals surface area (Å²) in [6.07, 6.45) is 15.1. The van der Waals surface area contributed by atoms with E-state index in [4.69, 9.17) is 5.73 Å². The van der Waals surface area contributed by atoms with Crippen molar-refractivity contribution in [3.63, 3.8) is 0 Å². The summed E-state index contributed by atoms with van der Waals surface area (Å²) in [6, 6.07) is 12.4. The van der Waals surface area contributed by atoms with Crippen LogP contribution < -0.4 is 5.73 Å². The highest BCUT2D eigenvalue weighted by atomic mass is 15.2. The molecular formula is C26H44N2. The molecule has 2 saturated carbocycles. The lowest BCUT2D eigenvalue weighted by Gasteiger charge is -2.40. The third kappa shape index (κ3) is 6.59. The van der Waals surface area contributed by atoms with Gasteiger partial charge in [-0.3, -0.25) is 4.90 Å². The maximum Gasteiger partial charge on any atom is 0.0236 e. The average Bonchev–Trinajstić information content (AvgIpc) is 2.74. The summed E-state index contributed by atoms with van der Waals surface area (Å²) in [4.78, 5) is 2.84. The van der Waals surface area contributed by atoms with E-state index in [9.17, 15) is 0 Å². The first kappa shape index (κ1) is 21.8. The third-order valence-corrected chi connectivity index (χ3v) is 7.77. The molecule has 158 valence electrons. The van der Waals surface area contributed by atoms with Crippen LogP contribution >= 0.6 is 0 Å². The molecule has 28 heavy (non-hydrogen) atoms. The predicted molar refractivity (Wildman–Crippen MR) is 121 cm³/mol. The SMILES string of the molecule is CCC(CC)CN(Cc1ccccc1)C1CCC(CC2CCC(N)CC2)CC1. The molecular weight excluding hydrogens is 340 g/mol. The van der Waals surface area contributed by atoms with Crippen molar-refractivity contribution in [2.45, 2.75) is 103 Å². The summed E-state index contributed by atoms with van der Waals surface area (Å²) in [7, 11) is 0. The lowest BCUT2D eigenvalue weighted by Crippen LogP contribution is -2.40. The second-order valence-electron chi connectivity index (χ2n) is 9.79. The van der Waals surface area contributed by atoms with Crippen LogP contribution in [0.4, 0.5) is 0 Å². The number of hydrogen-bond donors (Lipinski definition) is 1. The van der Waals surface area contributed by atoms with Crippen molar-refractivity contribution in [2.24, 2.45) is 23.5 Å². The molecule has 2 nitrogen and oxygen atoms in total. The fourth-order valence-electron chi connectivity index (χ4n) is 5.68. The van der Waals surface area contributed by atoms with Crippen molar-refractivity contribution in [3.05, 3.63) is 35.9 Å². The standard InChI is InChI=1S/C26H44N2/c1-3-21(4-2)19-28(20-24-8-6-5-7-9-24)26-16-12-23(13-17-26)18-22-10-14-25(27)15-11-22/h5-9,21-23,25-26H,3-4,10-20,27H2,1-2H3. The normalized spacial score (nSPS) is 28.8. The molecule has 0 saturated heterocycles. The van der Waals surface area contributed by atoms with Crippen molar-refractivity contribution in [2.75, 3.05) is 6.54 Å². The van der Waals surface area contributed by atoms with Gasteiger partial charge in [-0.15, -0.1) is 0 Å². The summed E-state index contributed by atoms with van der Waals surface area (Å²) in [5.74, 6) is 2.78. The summed E-state index contributed by atoms with van der Waals surface area (Å²) in [6.45, 7) is 7.13. The van der Waals surface area contributed by atoms with E-state index < -0.39 is 0 Å². The molecule has 2 aliphatic rings. The Morgan fingerprint density at radius 3 is 2.00 bits per heavy atom. The molecule has 1 aromatic carbocycles. The second kappa shape index (κ2) is 11.4. The quantitative estimate of drug-likeness (QED) is 0.534. The molecule has 0 radical (unpaired) electrons. The van der Waals surface area contributed by atoms with Gasteiger partial charge in [0.15, 0.2) is 0 Å². The summed E-state index contributed by atoms with van der Waals surface area (Å²) in [5, 5.41) is 0. The molecule has 0 unspecified atom stereocenters. The van der Waals surface area contributed by atoms with Crippen LogP contribution in [0.25, 0.3) is 0 Å². The average molecular weight is 385 g/mol. The van der Waals surface area contributed by atoms with Gasteiger partial charge in [0.1, 0.15) is 0 Å². The van der Waals surface area contributed by atoms with Crippen molar-refractivity contribution < 1.29 is 0 Å². The van der Waals surface area contributed by atoms with Gasteiger partial charge in [-0.25, -0.2) is 0 Å². The third-order valence-electron chi connectivity index (χ3n) is 7.77. The Morgan fingerprint density at radius 1 is 0.857 bits per heavy atom. The molecule has 0 heterocycles. The monoisotopic (exact) mass is 384 g/mol. The molecule has 3 rings (SSSR count). The summed E-state index contributed by atoms with van der Waals surface area (Å²) in [5.41, 5.74) is 7.58. The maximum absolute atomic E-state index is 6.10. The summed E-state index contributed by atoms with van der Waals surface area (Å²) >= 11 is 0. The lowest BCUT2D eigenvalue weighted by atomic mass is 9.75. The first-order valence-corrected chi connectivity index (χ1v) is 12.2. The maximum atomic E-state index is 6.10. The molecule has 0 atom stereocenters. The van der Waals surface area contributed by atoms with Crippen LogP contribution in [0.3, 0.4) is 0 Å². The van der Waals surface area contributed by atoms with E-state index in [2.05, 4.69) is 49.1 Å². The topological polar surface area (TPSA) is 29.3 Å². The Balaban J connectivity index is 1.52. The zero-order chi connectivity index (χ0) is 19.8. The highest BCUT2D eigenvalue weighted by Crippen LogP contribution is 2.36. The van der Waals surface area contributed by atoms with E-state index in [0.29, 0.717) is 6.04 Å². The van der Waals surface area contributed by atoms with Gasteiger partial charge in [0.2, 0.25) is 0 Å². The van der Waals surface area contributed by atoms with Gasteiger partial charge < -0.3 is 5.73 Å². The molecule has 0 amide bonds. The molecule has 2 aliphatic carbocycles. The number of rotatable bonds is 9. The highest BCUT2D eigenvalue weighted by Gasteiger charge is 2.29. The van der Waals surface area contributed by atoms with Gasteiger partial charge in [0.05, 0.1) is 0 Å².